The Labute approximate surface area is 62.7 Å². The molecule has 0 atom stereocenters. The van der Waals surface area contributed by atoms with Crippen LogP contribution in [0.25, 0.3) is 0 Å². The average molecular weight is 224 g/mol. The lowest BCUT2D eigenvalue weighted by Gasteiger charge is -1.62. The summed E-state index contributed by atoms with van der Waals surface area (Å²) in [6.07, 6.45) is 0. The van der Waals surface area contributed by atoms with E-state index in [1.165, 1.54) is 2.88 Å². The summed E-state index contributed by atoms with van der Waals surface area (Å²) in [6.45, 7) is 0. The lowest BCUT2D eigenvalue weighted by molar-refractivity contribution is 1.97. The average Bonchev–Trinajstić information content (AvgIpc) is 1.86. The molecule has 0 unspecified atom stereocenters. The predicted molar refractivity (Wildman–Crippen MR) is 47.0 cm³/mol. The molecule has 3 heteroatoms. The first kappa shape index (κ1) is 7.49. The first-order valence-electron chi connectivity index (χ1n) is 1.58. The minimum atomic E-state index is 0. The molecule has 0 nitrogen and oxygen atoms in total. The van der Waals surface area contributed by atoms with Crippen LogP contribution in [0.15, 0.2) is 17.5 Å². The van der Waals surface area contributed by atoms with E-state index in [0.717, 1.165) is 0 Å². The van der Waals surface area contributed by atoms with Gasteiger partial charge in [0.15, 0.2) is 0 Å². The zero-order valence-corrected chi connectivity index (χ0v) is 5.99. The van der Waals surface area contributed by atoms with Gasteiger partial charge in [-0.15, -0.1) is 11.3 Å². The Kier molecular flexibility index (Phi) is 3.74. The third kappa shape index (κ3) is 2.34. The fourth-order valence-electron chi connectivity index (χ4n) is 0.259. The highest BCUT2D eigenvalue weighted by Gasteiger charge is 1.77. The van der Waals surface area contributed by atoms with Crippen molar-refractivity contribution in [3.05, 3.63) is 20.4 Å². The summed E-state index contributed by atoms with van der Waals surface area (Å²) in [5.41, 5.74) is 0. The highest BCUT2D eigenvalue weighted by Crippen LogP contribution is 2.09. The maximum atomic E-state index is 2.29. The normalized spacial score (nSPS) is 7.57. The predicted octanol–water partition coefficient (Wildman–Crippen LogP) is 1.17. The van der Waals surface area contributed by atoms with Crippen molar-refractivity contribution in [1.82, 2.24) is 0 Å². The van der Waals surface area contributed by atoms with Crippen molar-refractivity contribution < 1.29 is 0 Å². The van der Waals surface area contributed by atoms with Gasteiger partial charge in [-0.1, -0.05) is 6.07 Å². The van der Waals surface area contributed by atoms with E-state index >= 15 is 0 Å². The molecule has 0 aliphatic heterocycles. The van der Waals surface area contributed by atoms with Gasteiger partial charge in [-0.05, 0) is 34.0 Å². The van der Waals surface area contributed by atoms with Gasteiger partial charge < -0.3 is 0 Å². The zero-order chi connectivity index (χ0) is 4.41. The van der Waals surface area contributed by atoms with E-state index in [9.17, 15) is 0 Å². The van der Waals surface area contributed by atoms with E-state index in [1.54, 1.807) is 11.3 Å². The molecular weight excluding hydrogens is 218 g/mol. The van der Waals surface area contributed by atoms with Gasteiger partial charge in [0, 0.05) is 0 Å². The minimum Gasteiger partial charge on any atom is -0.138 e. The Morgan fingerprint density at radius 3 is 2.43 bits per heavy atom. The van der Waals surface area contributed by atoms with E-state index in [1.807, 2.05) is 6.07 Å². The van der Waals surface area contributed by atoms with Crippen molar-refractivity contribution >= 4 is 42.3 Å². The summed E-state index contributed by atoms with van der Waals surface area (Å²) in [7, 11) is 0. The molecule has 0 fully saturated rings. The summed E-state index contributed by atoms with van der Waals surface area (Å²) < 4.78 is 1.35. The van der Waals surface area contributed by atoms with Crippen molar-refractivity contribution in [1.29, 1.82) is 0 Å². The highest BCUT2D eigenvalue weighted by atomic mass is 127. The topological polar surface area (TPSA) is 0 Å². The van der Waals surface area contributed by atoms with Gasteiger partial charge in [0.2, 0.25) is 0 Å². The summed E-state index contributed by atoms with van der Waals surface area (Å²) in [5.74, 6) is 0. The molecule has 38 valence electrons. The summed E-state index contributed by atoms with van der Waals surface area (Å²) in [6, 6.07) is 4.14. The monoisotopic (exact) mass is 224 g/mol. The molecule has 7 heavy (non-hydrogen) atoms. The van der Waals surface area contributed by atoms with Gasteiger partial charge in [-0.3, -0.25) is 0 Å². The van der Waals surface area contributed by atoms with Crippen LogP contribution in [-0.4, -0.2) is 8.41 Å². The van der Waals surface area contributed by atoms with Gasteiger partial charge in [-0.25, -0.2) is 0 Å². The van der Waals surface area contributed by atoms with Crippen molar-refractivity contribution in [3.8, 4) is 0 Å². The standard InChI is InChI=1S/C4H3IS.BH3/c5-4-2-1-3-6-4;/h1-3H;1H3. The fourth-order valence-corrected chi connectivity index (χ4v) is 1.35. The van der Waals surface area contributed by atoms with Crippen LogP contribution in [0.4, 0.5) is 0 Å². The van der Waals surface area contributed by atoms with Gasteiger partial charge in [0.1, 0.15) is 0 Å². The summed E-state index contributed by atoms with van der Waals surface area (Å²) in [4.78, 5) is 0. The molecule has 1 rings (SSSR count). The van der Waals surface area contributed by atoms with Crippen LogP contribution in [0.3, 0.4) is 0 Å². The van der Waals surface area contributed by atoms with Gasteiger partial charge in [-0.2, -0.15) is 0 Å². The Bertz CT molecular complexity index is 115. The first-order valence-corrected chi connectivity index (χ1v) is 3.54. The Morgan fingerprint density at radius 1 is 1.57 bits per heavy atom. The molecule has 0 aliphatic rings. The van der Waals surface area contributed by atoms with Gasteiger partial charge >= 0.3 is 0 Å². The van der Waals surface area contributed by atoms with Crippen LogP contribution < -0.4 is 0 Å². The lowest BCUT2D eigenvalue weighted by atomic mass is 10.7. The first-order chi connectivity index (χ1) is 2.89. The van der Waals surface area contributed by atoms with Crippen molar-refractivity contribution in [2.75, 3.05) is 0 Å². The van der Waals surface area contributed by atoms with Crippen molar-refractivity contribution in [2.24, 2.45) is 0 Å². The van der Waals surface area contributed by atoms with Crippen LogP contribution in [0.5, 0.6) is 0 Å². The molecule has 0 spiro atoms. The molecule has 1 heterocycles. The second-order valence-corrected chi connectivity index (χ2v) is 3.76. The van der Waals surface area contributed by atoms with E-state index in [0.29, 0.717) is 0 Å². The van der Waals surface area contributed by atoms with E-state index < -0.39 is 0 Å². The second kappa shape index (κ2) is 3.49. The third-order valence-electron chi connectivity index (χ3n) is 0.486. The molecule has 0 aromatic carbocycles. The molecule has 0 saturated carbocycles. The van der Waals surface area contributed by atoms with Crippen molar-refractivity contribution in [2.45, 2.75) is 0 Å². The number of halogens is 1. The quantitative estimate of drug-likeness (QED) is 0.458. The smallest absolute Gasteiger partial charge is 0.0814 e. The summed E-state index contributed by atoms with van der Waals surface area (Å²) in [5, 5.41) is 2.07. The largest absolute Gasteiger partial charge is 0.138 e. The highest BCUT2D eigenvalue weighted by molar-refractivity contribution is 14.1. The maximum Gasteiger partial charge on any atom is 0.0814 e. The number of rotatable bonds is 0. The van der Waals surface area contributed by atoms with Crippen LogP contribution in [0.2, 0.25) is 0 Å². The van der Waals surface area contributed by atoms with Crippen molar-refractivity contribution in [3.63, 3.8) is 0 Å². The molecule has 0 N–H and O–H groups in total. The number of thiophene rings is 1. The number of hydrogen-bond donors (Lipinski definition) is 0. The number of hydrogen-bond acceptors (Lipinski definition) is 1. The molecule has 0 radical (unpaired) electrons. The fraction of sp³-hybridized carbons (Fsp3) is 0. The second-order valence-electron chi connectivity index (χ2n) is 0.917. The van der Waals surface area contributed by atoms with Crippen LogP contribution in [0.1, 0.15) is 0 Å². The SMILES string of the molecule is B.Ic1cccs1. The van der Waals surface area contributed by atoms with E-state index in [-0.39, 0.29) is 8.41 Å². The van der Waals surface area contributed by atoms with Crippen LogP contribution in [-0.2, 0) is 0 Å². The van der Waals surface area contributed by atoms with Gasteiger partial charge in [0.05, 0.1) is 11.3 Å². The molecular formula is C4H6BIS. The lowest BCUT2D eigenvalue weighted by Crippen LogP contribution is -1.38. The van der Waals surface area contributed by atoms with Crippen LogP contribution >= 0.6 is 33.9 Å². The Morgan fingerprint density at radius 2 is 2.29 bits per heavy atom. The molecule has 1 aromatic heterocycles. The minimum absolute atomic E-state index is 0. The maximum absolute atomic E-state index is 2.29. The van der Waals surface area contributed by atoms with E-state index in [4.69, 9.17) is 0 Å². The Hall–Kier alpha value is 0.495. The van der Waals surface area contributed by atoms with Gasteiger partial charge in [0.25, 0.3) is 0 Å². The van der Waals surface area contributed by atoms with E-state index in [2.05, 4.69) is 34.0 Å². The van der Waals surface area contributed by atoms with Crippen LogP contribution in [0, 0.1) is 2.88 Å². The molecule has 0 bridgehead atoms. The Balaban J connectivity index is 0.000000360. The molecule has 0 amide bonds. The zero-order valence-electron chi connectivity index (χ0n) is 3.02. The summed E-state index contributed by atoms with van der Waals surface area (Å²) >= 11 is 4.06. The molecule has 0 saturated heterocycles. The third-order valence-corrected chi connectivity index (χ3v) is 2.26. The molecule has 1 aromatic rings. The molecule has 0 aliphatic carbocycles.